The SMILES string of the molecule is COC(=N)N(C(=O)NSC)C(=S)NC(C)C. The van der Waals surface area contributed by atoms with E-state index in [0.29, 0.717) is 0 Å². The second kappa shape index (κ2) is 7.29. The van der Waals surface area contributed by atoms with Gasteiger partial charge in [-0.25, -0.2) is 4.79 Å². The molecule has 0 saturated heterocycles. The Morgan fingerprint density at radius 3 is 2.50 bits per heavy atom. The molecular formula is C8H16N4O2S2. The maximum atomic E-state index is 11.6. The van der Waals surface area contributed by atoms with Gasteiger partial charge in [-0.3, -0.25) is 10.1 Å². The Morgan fingerprint density at radius 2 is 2.12 bits per heavy atom. The summed E-state index contributed by atoms with van der Waals surface area (Å²) in [5.41, 5.74) is 0. The Kier molecular flexibility index (Phi) is 6.82. The van der Waals surface area contributed by atoms with Crippen molar-refractivity contribution in [1.82, 2.24) is 14.9 Å². The smallest absolute Gasteiger partial charge is 0.341 e. The molecule has 0 spiro atoms. The highest BCUT2D eigenvalue weighted by Crippen LogP contribution is 1.98. The molecule has 0 saturated carbocycles. The predicted octanol–water partition coefficient (Wildman–Crippen LogP) is 1.14. The van der Waals surface area contributed by atoms with Crippen LogP contribution in [-0.2, 0) is 4.74 Å². The highest BCUT2D eigenvalue weighted by atomic mass is 32.2. The van der Waals surface area contributed by atoms with Crippen LogP contribution < -0.4 is 10.0 Å². The van der Waals surface area contributed by atoms with Crippen molar-refractivity contribution < 1.29 is 9.53 Å². The summed E-state index contributed by atoms with van der Waals surface area (Å²) in [5.74, 6) is 0. The van der Waals surface area contributed by atoms with E-state index in [1.54, 1.807) is 6.26 Å². The van der Waals surface area contributed by atoms with Gasteiger partial charge in [-0.05, 0) is 26.1 Å². The van der Waals surface area contributed by atoms with Crippen molar-refractivity contribution in [3.8, 4) is 0 Å². The van der Waals surface area contributed by atoms with E-state index in [1.165, 1.54) is 7.11 Å². The molecule has 0 rings (SSSR count). The highest BCUT2D eigenvalue weighted by molar-refractivity contribution is 7.97. The molecule has 0 aromatic rings. The number of methoxy groups -OCH3 is 1. The van der Waals surface area contributed by atoms with Crippen LogP contribution in [0.3, 0.4) is 0 Å². The van der Waals surface area contributed by atoms with E-state index in [4.69, 9.17) is 22.4 Å². The van der Waals surface area contributed by atoms with Crippen molar-refractivity contribution in [3.63, 3.8) is 0 Å². The zero-order valence-corrected chi connectivity index (χ0v) is 11.3. The van der Waals surface area contributed by atoms with Gasteiger partial charge in [0.05, 0.1) is 7.11 Å². The number of carbonyl (C=O) groups is 1. The number of amides is 2. The van der Waals surface area contributed by atoms with E-state index in [9.17, 15) is 4.79 Å². The van der Waals surface area contributed by atoms with Gasteiger partial charge in [-0.2, -0.15) is 4.90 Å². The fourth-order valence-electron chi connectivity index (χ4n) is 0.812. The van der Waals surface area contributed by atoms with Crippen LogP contribution >= 0.6 is 24.2 Å². The summed E-state index contributed by atoms with van der Waals surface area (Å²) >= 11 is 6.13. The molecule has 0 aromatic heterocycles. The lowest BCUT2D eigenvalue weighted by molar-refractivity contribution is 0.230. The maximum Gasteiger partial charge on any atom is 0.341 e. The van der Waals surface area contributed by atoms with Gasteiger partial charge in [0.25, 0.3) is 6.02 Å². The number of nitrogens with zero attached hydrogens (tertiary/aromatic N) is 1. The number of urea groups is 1. The van der Waals surface area contributed by atoms with E-state index in [-0.39, 0.29) is 17.2 Å². The molecular weight excluding hydrogens is 248 g/mol. The first-order valence-electron chi connectivity index (χ1n) is 4.50. The van der Waals surface area contributed by atoms with Crippen molar-refractivity contribution in [3.05, 3.63) is 0 Å². The monoisotopic (exact) mass is 264 g/mol. The molecule has 0 aliphatic carbocycles. The van der Waals surface area contributed by atoms with Gasteiger partial charge in [0.2, 0.25) is 0 Å². The van der Waals surface area contributed by atoms with Crippen LogP contribution in [-0.4, -0.2) is 41.5 Å². The molecule has 0 unspecified atom stereocenters. The molecule has 16 heavy (non-hydrogen) atoms. The zero-order valence-electron chi connectivity index (χ0n) is 9.66. The first kappa shape index (κ1) is 15.0. The fourth-order valence-corrected chi connectivity index (χ4v) is 1.48. The zero-order chi connectivity index (χ0) is 12.7. The molecule has 3 N–H and O–H groups in total. The van der Waals surface area contributed by atoms with Crippen molar-refractivity contribution in [1.29, 1.82) is 5.41 Å². The first-order valence-corrected chi connectivity index (χ1v) is 6.13. The number of ether oxygens (including phenoxy) is 1. The quantitative estimate of drug-likeness (QED) is 0.302. The van der Waals surface area contributed by atoms with Crippen molar-refractivity contribution in [2.75, 3.05) is 13.4 Å². The lowest BCUT2D eigenvalue weighted by Gasteiger charge is -2.23. The van der Waals surface area contributed by atoms with Gasteiger partial charge < -0.3 is 10.1 Å². The minimum absolute atomic E-state index is 0.0711. The number of hydrogen-bond acceptors (Lipinski definition) is 5. The normalized spacial score (nSPS) is 9.56. The van der Waals surface area contributed by atoms with Crippen LogP contribution in [0.25, 0.3) is 0 Å². The molecule has 0 aliphatic heterocycles. The number of hydrogen-bond donors (Lipinski definition) is 3. The Hall–Kier alpha value is -1.02. The standard InChI is InChI=1S/C8H16N4O2S2/c1-5(2)10-8(15)12(6(9)14-3)7(13)11-16-4/h5,9H,1-4H3,(H,10,15)(H,11,13). The van der Waals surface area contributed by atoms with Crippen LogP contribution in [0.1, 0.15) is 13.8 Å². The topological polar surface area (TPSA) is 77.5 Å². The van der Waals surface area contributed by atoms with Crippen LogP contribution in [0.5, 0.6) is 0 Å². The summed E-state index contributed by atoms with van der Waals surface area (Å²) in [6.07, 6.45) is 1.70. The fraction of sp³-hybridized carbons (Fsp3) is 0.625. The van der Waals surface area contributed by atoms with E-state index < -0.39 is 6.03 Å². The molecule has 0 aromatic carbocycles. The molecule has 0 bridgehead atoms. The molecule has 0 atom stereocenters. The van der Waals surface area contributed by atoms with Gasteiger partial charge >= 0.3 is 6.03 Å². The minimum Gasteiger partial charge on any atom is -0.468 e. The van der Waals surface area contributed by atoms with Gasteiger partial charge in [0.15, 0.2) is 5.11 Å². The maximum absolute atomic E-state index is 11.6. The third kappa shape index (κ3) is 4.67. The van der Waals surface area contributed by atoms with Crippen molar-refractivity contribution >= 4 is 41.3 Å². The highest BCUT2D eigenvalue weighted by Gasteiger charge is 2.24. The minimum atomic E-state index is -0.516. The van der Waals surface area contributed by atoms with E-state index in [1.807, 2.05) is 13.8 Å². The molecule has 0 aliphatic rings. The van der Waals surface area contributed by atoms with Crippen molar-refractivity contribution in [2.24, 2.45) is 0 Å². The lowest BCUT2D eigenvalue weighted by Crippen LogP contribution is -2.51. The third-order valence-electron chi connectivity index (χ3n) is 1.40. The van der Waals surface area contributed by atoms with E-state index in [2.05, 4.69) is 10.0 Å². The molecule has 0 heterocycles. The molecule has 6 nitrogen and oxygen atoms in total. The Labute approximate surface area is 105 Å². The lowest BCUT2D eigenvalue weighted by atomic mass is 10.4. The van der Waals surface area contributed by atoms with Crippen LogP contribution in [0.4, 0.5) is 4.79 Å². The molecule has 0 fully saturated rings. The second-order valence-electron chi connectivity index (χ2n) is 3.06. The number of rotatable bonds is 2. The third-order valence-corrected chi connectivity index (χ3v) is 2.08. The van der Waals surface area contributed by atoms with Gasteiger partial charge in [0, 0.05) is 12.3 Å². The largest absolute Gasteiger partial charge is 0.468 e. The average Bonchev–Trinajstić information content (AvgIpc) is 2.16. The van der Waals surface area contributed by atoms with Crippen molar-refractivity contribution in [2.45, 2.75) is 19.9 Å². The number of amidine groups is 1. The summed E-state index contributed by atoms with van der Waals surface area (Å²) in [4.78, 5) is 12.6. The average molecular weight is 264 g/mol. The van der Waals surface area contributed by atoms with Gasteiger partial charge in [0.1, 0.15) is 0 Å². The molecule has 0 radical (unpaired) electrons. The number of carbonyl (C=O) groups excluding carboxylic acids is 1. The summed E-state index contributed by atoms with van der Waals surface area (Å²) in [7, 11) is 1.31. The van der Waals surface area contributed by atoms with Crippen LogP contribution in [0.2, 0.25) is 0 Å². The van der Waals surface area contributed by atoms with Gasteiger partial charge in [-0.15, -0.1) is 0 Å². The summed E-state index contributed by atoms with van der Waals surface area (Å²) in [5, 5.41) is 10.5. The Bertz CT molecular complexity index is 283. The van der Waals surface area contributed by atoms with E-state index in [0.717, 1.165) is 16.8 Å². The summed E-state index contributed by atoms with van der Waals surface area (Å²) in [6.45, 7) is 3.76. The van der Waals surface area contributed by atoms with E-state index >= 15 is 0 Å². The first-order chi connectivity index (χ1) is 7.43. The second-order valence-corrected chi connectivity index (χ2v) is 4.06. The molecule has 8 heteroatoms. The van der Waals surface area contributed by atoms with Crippen LogP contribution in [0, 0.1) is 5.41 Å². The molecule has 2 amide bonds. The van der Waals surface area contributed by atoms with Gasteiger partial charge in [-0.1, -0.05) is 11.9 Å². The Balaban J connectivity index is 4.73. The predicted molar refractivity (Wildman–Crippen MR) is 69.5 cm³/mol. The Morgan fingerprint density at radius 1 is 1.56 bits per heavy atom. The summed E-state index contributed by atoms with van der Waals surface area (Å²) in [6, 6.07) is -0.774. The van der Waals surface area contributed by atoms with Crippen LogP contribution in [0.15, 0.2) is 0 Å². The summed E-state index contributed by atoms with van der Waals surface area (Å²) < 4.78 is 7.16. The number of nitrogens with one attached hydrogen (secondary N) is 3. The molecule has 92 valence electrons. The number of thiocarbonyl (C=S) groups is 1.